The quantitative estimate of drug-likeness (QED) is 0.611. The van der Waals surface area contributed by atoms with Crippen LogP contribution in [0.3, 0.4) is 0 Å². The standard InChI is InChI=1S/C13H15NO2/c1-9-7-10(4-5-12(9)14)13(15)11-3-2-6-16-8-11/h4-5,7-8H,2-3,6,14H2,1H3. The molecule has 1 aromatic rings. The van der Waals surface area contributed by atoms with Gasteiger partial charge in [-0.1, -0.05) is 0 Å². The van der Waals surface area contributed by atoms with Crippen LogP contribution in [-0.2, 0) is 4.74 Å². The molecular formula is C13H15NO2. The van der Waals surface area contributed by atoms with Gasteiger partial charge in [-0.15, -0.1) is 0 Å². The molecule has 1 aliphatic rings. The molecule has 2 N–H and O–H groups in total. The summed E-state index contributed by atoms with van der Waals surface area (Å²) in [4.78, 5) is 12.1. The van der Waals surface area contributed by atoms with E-state index >= 15 is 0 Å². The molecule has 0 saturated carbocycles. The Morgan fingerprint density at radius 3 is 2.88 bits per heavy atom. The first kappa shape index (κ1) is 10.7. The second-order valence-electron chi connectivity index (χ2n) is 4.02. The summed E-state index contributed by atoms with van der Waals surface area (Å²) in [5.74, 6) is 0.0443. The highest BCUT2D eigenvalue weighted by molar-refractivity contribution is 6.08. The lowest BCUT2D eigenvalue weighted by Gasteiger charge is -2.13. The predicted octanol–water partition coefficient (Wildman–Crippen LogP) is 2.45. The zero-order valence-corrected chi connectivity index (χ0v) is 9.32. The lowest BCUT2D eigenvalue weighted by atomic mass is 9.98. The first-order valence-electron chi connectivity index (χ1n) is 5.40. The van der Waals surface area contributed by atoms with Crippen molar-refractivity contribution in [1.82, 2.24) is 0 Å². The van der Waals surface area contributed by atoms with E-state index in [9.17, 15) is 4.79 Å². The summed E-state index contributed by atoms with van der Waals surface area (Å²) in [6.45, 7) is 2.61. The molecule has 0 aromatic heterocycles. The van der Waals surface area contributed by atoms with Gasteiger partial charge in [0.2, 0.25) is 0 Å². The van der Waals surface area contributed by atoms with Crippen LogP contribution in [0.2, 0.25) is 0 Å². The summed E-state index contributed by atoms with van der Waals surface area (Å²) in [6.07, 6.45) is 3.28. The number of nitrogens with two attached hydrogens (primary N) is 1. The zero-order chi connectivity index (χ0) is 11.5. The minimum atomic E-state index is 0.0443. The summed E-state index contributed by atoms with van der Waals surface area (Å²) in [5, 5.41) is 0. The van der Waals surface area contributed by atoms with Crippen LogP contribution in [0.25, 0.3) is 0 Å². The molecule has 2 rings (SSSR count). The third-order valence-electron chi connectivity index (χ3n) is 2.76. The van der Waals surface area contributed by atoms with E-state index in [2.05, 4.69) is 0 Å². The van der Waals surface area contributed by atoms with Crippen molar-refractivity contribution < 1.29 is 9.53 Å². The maximum absolute atomic E-state index is 12.1. The van der Waals surface area contributed by atoms with Gasteiger partial charge in [0.15, 0.2) is 5.78 Å². The Morgan fingerprint density at radius 1 is 1.44 bits per heavy atom. The molecule has 3 heteroatoms. The Hall–Kier alpha value is -1.77. The molecular weight excluding hydrogens is 202 g/mol. The van der Waals surface area contributed by atoms with Crippen LogP contribution >= 0.6 is 0 Å². The van der Waals surface area contributed by atoms with Gasteiger partial charge in [-0.3, -0.25) is 4.79 Å². The molecule has 1 heterocycles. The lowest BCUT2D eigenvalue weighted by molar-refractivity contribution is 0.101. The molecule has 0 unspecified atom stereocenters. The number of aryl methyl sites for hydroxylation is 1. The van der Waals surface area contributed by atoms with Crippen molar-refractivity contribution >= 4 is 11.5 Å². The molecule has 0 spiro atoms. The highest BCUT2D eigenvalue weighted by Crippen LogP contribution is 2.20. The van der Waals surface area contributed by atoms with E-state index in [1.54, 1.807) is 18.4 Å². The normalized spacial score (nSPS) is 15.2. The number of benzene rings is 1. The van der Waals surface area contributed by atoms with E-state index < -0.39 is 0 Å². The van der Waals surface area contributed by atoms with E-state index in [-0.39, 0.29) is 5.78 Å². The Labute approximate surface area is 94.9 Å². The summed E-state index contributed by atoms with van der Waals surface area (Å²) < 4.78 is 5.17. The van der Waals surface area contributed by atoms with Crippen molar-refractivity contribution in [2.24, 2.45) is 0 Å². The van der Waals surface area contributed by atoms with Crippen LogP contribution in [0.1, 0.15) is 28.8 Å². The maximum atomic E-state index is 12.1. The monoisotopic (exact) mass is 217 g/mol. The number of hydrogen-bond acceptors (Lipinski definition) is 3. The van der Waals surface area contributed by atoms with Gasteiger partial charge in [0.1, 0.15) is 0 Å². The largest absolute Gasteiger partial charge is 0.501 e. The molecule has 0 amide bonds. The van der Waals surface area contributed by atoms with Crippen molar-refractivity contribution in [3.63, 3.8) is 0 Å². The number of hydrogen-bond donors (Lipinski definition) is 1. The fourth-order valence-corrected chi connectivity index (χ4v) is 1.73. The van der Waals surface area contributed by atoms with Crippen LogP contribution in [0.4, 0.5) is 5.69 Å². The van der Waals surface area contributed by atoms with Gasteiger partial charge in [-0.25, -0.2) is 0 Å². The smallest absolute Gasteiger partial charge is 0.192 e. The number of ether oxygens (including phenoxy) is 1. The number of Topliss-reactive ketones (excluding diaryl/α,β-unsaturated/α-hetero) is 1. The SMILES string of the molecule is Cc1cc(C(=O)C2=COCCC2)ccc1N. The third kappa shape index (κ3) is 2.08. The molecule has 0 atom stereocenters. The lowest BCUT2D eigenvalue weighted by Crippen LogP contribution is -2.09. The molecule has 0 aliphatic carbocycles. The van der Waals surface area contributed by atoms with Crippen molar-refractivity contribution in [3.05, 3.63) is 41.2 Å². The minimum absolute atomic E-state index is 0.0443. The number of carbonyl (C=O) groups is 1. The van der Waals surface area contributed by atoms with Crippen LogP contribution in [0.5, 0.6) is 0 Å². The van der Waals surface area contributed by atoms with Crippen LogP contribution in [0, 0.1) is 6.92 Å². The van der Waals surface area contributed by atoms with Crippen LogP contribution in [0.15, 0.2) is 30.0 Å². The fraction of sp³-hybridized carbons (Fsp3) is 0.308. The predicted molar refractivity (Wildman–Crippen MR) is 63.2 cm³/mol. The number of nitrogen functional groups attached to an aromatic ring is 1. The molecule has 0 bridgehead atoms. The van der Waals surface area contributed by atoms with E-state index in [4.69, 9.17) is 10.5 Å². The molecule has 3 nitrogen and oxygen atoms in total. The maximum Gasteiger partial charge on any atom is 0.192 e. The summed E-state index contributed by atoms with van der Waals surface area (Å²) in [6, 6.07) is 5.36. The molecule has 0 saturated heterocycles. The average Bonchev–Trinajstić information content (AvgIpc) is 2.33. The second-order valence-corrected chi connectivity index (χ2v) is 4.02. The number of anilines is 1. The van der Waals surface area contributed by atoms with Crippen molar-refractivity contribution in [3.8, 4) is 0 Å². The van der Waals surface area contributed by atoms with Gasteiger partial charge in [-0.05, 0) is 43.5 Å². The molecule has 0 fully saturated rings. The van der Waals surface area contributed by atoms with E-state index in [0.717, 1.165) is 24.0 Å². The molecule has 16 heavy (non-hydrogen) atoms. The molecule has 1 aliphatic heterocycles. The Balaban J connectivity index is 2.26. The Bertz CT molecular complexity index is 449. The summed E-state index contributed by atoms with van der Waals surface area (Å²) in [7, 11) is 0. The fourth-order valence-electron chi connectivity index (χ4n) is 1.73. The minimum Gasteiger partial charge on any atom is -0.501 e. The number of ketones is 1. The van der Waals surface area contributed by atoms with Crippen LogP contribution < -0.4 is 5.73 Å². The summed E-state index contributed by atoms with van der Waals surface area (Å²) in [5.41, 5.74) is 8.79. The van der Waals surface area contributed by atoms with E-state index in [1.807, 2.05) is 13.0 Å². The topological polar surface area (TPSA) is 52.3 Å². The second kappa shape index (κ2) is 4.39. The van der Waals surface area contributed by atoms with Crippen molar-refractivity contribution in [2.45, 2.75) is 19.8 Å². The number of rotatable bonds is 2. The van der Waals surface area contributed by atoms with E-state index in [1.165, 1.54) is 0 Å². The zero-order valence-electron chi connectivity index (χ0n) is 9.32. The first-order chi connectivity index (χ1) is 7.68. The molecule has 84 valence electrons. The number of carbonyl (C=O) groups excluding carboxylic acids is 1. The summed E-state index contributed by atoms with van der Waals surface area (Å²) >= 11 is 0. The first-order valence-corrected chi connectivity index (χ1v) is 5.40. The van der Waals surface area contributed by atoms with Gasteiger partial charge in [-0.2, -0.15) is 0 Å². The Kier molecular flexibility index (Phi) is 2.95. The highest BCUT2D eigenvalue weighted by Gasteiger charge is 2.15. The number of allylic oxidation sites excluding steroid dienone is 1. The van der Waals surface area contributed by atoms with Gasteiger partial charge in [0.25, 0.3) is 0 Å². The van der Waals surface area contributed by atoms with Gasteiger partial charge >= 0.3 is 0 Å². The van der Waals surface area contributed by atoms with Crippen molar-refractivity contribution in [1.29, 1.82) is 0 Å². The van der Waals surface area contributed by atoms with E-state index in [0.29, 0.717) is 17.9 Å². The van der Waals surface area contributed by atoms with Gasteiger partial charge in [0.05, 0.1) is 12.9 Å². The van der Waals surface area contributed by atoms with Gasteiger partial charge < -0.3 is 10.5 Å². The highest BCUT2D eigenvalue weighted by atomic mass is 16.5. The third-order valence-corrected chi connectivity index (χ3v) is 2.76. The van der Waals surface area contributed by atoms with Crippen LogP contribution in [-0.4, -0.2) is 12.4 Å². The average molecular weight is 217 g/mol. The van der Waals surface area contributed by atoms with Gasteiger partial charge in [0, 0.05) is 16.8 Å². The Morgan fingerprint density at radius 2 is 2.25 bits per heavy atom. The molecule has 0 radical (unpaired) electrons. The molecule has 1 aromatic carbocycles. The van der Waals surface area contributed by atoms with Crippen molar-refractivity contribution in [2.75, 3.05) is 12.3 Å².